The molecule has 0 N–H and O–H groups in total. The smallest absolute Gasteiger partial charge is 0.0468 e. The third-order valence-electron chi connectivity index (χ3n) is 22.8. The molecule has 14 aromatic rings. The van der Waals surface area contributed by atoms with Crippen LogP contribution in [0.15, 0.2) is 460 Å². The van der Waals surface area contributed by atoms with Gasteiger partial charge in [0.15, 0.2) is 0 Å². The maximum atomic E-state index is 4.14. The van der Waals surface area contributed by atoms with Gasteiger partial charge in [-0.15, -0.1) is 0 Å². The summed E-state index contributed by atoms with van der Waals surface area (Å²) in [4.78, 5) is 4.79. The van der Waals surface area contributed by atoms with Crippen LogP contribution in [0.3, 0.4) is 0 Å². The van der Waals surface area contributed by atoms with Crippen LogP contribution in [0.4, 0.5) is 34.1 Å². The van der Waals surface area contributed by atoms with Gasteiger partial charge in [-0.25, -0.2) is 0 Å². The summed E-state index contributed by atoms with van der Waals surface area (Å²) in [6.45, 7) is 12.5. The zero-order chi connectivity index (χ0) is 80.4. The van der Waals surface area contributed by atoms with E-state index in [4.69, 9.17) is 0 Å². The summed E-state index contributed by atoms with van der Waals surface area (Å²) in [5.74, 6) is 0. The fourth-order valence-electron chi connectivity index (χ4n) is 16.8. The first-order valence-corrected chi connectivity index (χ1v) is 41.6. The van der Waals surface area contributed by atoms with Crippen molar-refractivity contribution in [2.24, 2.45) is 0 Å². The molecule has 3 aliphatic rings. The SMILES string of the molecule is C/C=C\C(=C/C)c1ccc(N(c2ccc(-c3cccc4ccccc34)cc2)c2ccc(-c3ccccc3-c3ccccc3)c(-c3ccc(-c4ccccc4)cc3)c2)cc1.C=C/C=C(\C=C\C1=CCCC=C1)c1ccc(N(c2ccc(C(/C=C\C)=C/C)cc2)c2ccc(-c3cccc4ccccc34)cc2)cc1C1=CC=C(C2=CC=CCC2)CC1. The number of fused-ring (bicyclic) bond motifs is 2. The highest BCUT2D eigenvalue weighted by Gasteiger charge is 2.23. The van der Waals surface area contributed by atoms with E-state index in [9.17, 15) is 0 Å². The Morgan fingerprint density at radius 1 is 0.314 bits per heavy atom. The minimum atomic E-state index is 0.980. The van der Waals surface area contributed by atoms with Crippen LogP contribution in [0.5, 0.6) is 0 Å². The first kappa shape index (κ1) is 77.7. The summed E-state index contributed by atoms with van der Waals surface area (Å²) in [6.07, 6.45) is 46.2. The number of hydrogen-bond donors (Lipinski definition) is 0. The molecule has 2 heteroatoms. The van der Waals surface area contributed by atoms with Crippen molar-refractivity contribution in [3.05, 3.63) is 483 Å². The number of rotatable bonds is 22. The van der Waals surface area contributed by atoms with Crippen LogP contribution in [0.1, 0.15) is 88.5 Å². The summed E-state index contributed by atoms with van der Waals surface area (Å²) in [5, 5.41) is 5.01. The predicted molar refractivity (Wildman–Crippen MR) is 512 cm³/mol. The average molecular weight is 1520 g/mol. The van der Waals surface area contributed by atoms with Crippen molar-refractivity contribution in [3.8, 4) is 66.8 Å². The maximum Gasteiger partial charge on any atom is 0.0468 e. The number of hydrogen-bond acceptors (Lipinski definition) is 2. The van der Waals surface area contributed by atoms with Gasteiger partial charge < -0.3 is 9.80 Å². The Balaban J connectivity index is 0.000000176. The minimum absolute atomic E-state index is 0.980. The van der Waals surface area contributed by atoms with Crippen LogP contribution >= 0.6 is 0 Å². The topological polar surface area (TPSA) is 6.48 Å². The molecule has 0 atom stereocenters. The molecule has 2 nitrogen and oxygen atoms in total. The van der Waals surface area contributed by atoms with Gasteiger partial charge in [0.05, 0.1) is 0 Å². The fraction of sp³-hybridized carbons (Fsp3) is 0.0862. The van der Waals surface area contributed by atoms with Gasteiger partial charge >= 0.3 is 0 Å². The van der Waals surface area contributed by atoms with E-state index in [1.165, 1.54) is 138 Å². The quantitative estimate of drug-likeness (QED) is 0.0624. The standard InChI is InChI=1S/C58H45N.C58H53N/c1-3-16-42(4-2)44-31-35-50(36-32-44)59(51-37-33-48(34-38-51)54-26-15-22-47-21-11-12-23-53(47)54)52-39-40-57(56-25-14-13-24-55(56)46-19-9-6-10-20-46)58(41-52)49-29-27-45(28-30-49)43-17-7-5-8-18-43;1-4-16-44(6-3)46-32-36-52(37-33-46)59(53-38-34-50(35-39-53)56-25-15-23-49-22-13-14-24-55(49)56)54-40-41-57(48(17-5-2)27-26-43-18-9-7-10-19-43)58(42-54)51-30-28-47(29-31-51)45-20-11-8-12-21-45/h3-41H,1-2H3;4-6,8-9,11,13-20,22-28,30,32-42H,2,7,10,12,21,29,31H2,1,3H3/b16-3-,42-4+;16-4-,27-26+,44-6+,48-17+. The van der Waals surface area contributed by atoms with Crippen LogP contribution in [0.25, 0.3) is 111 Å². The zero-order valence-electron chi connectivity index (χ0n) is 67.9. The molecule has 14 aromatic carbocycles. The van der Waals surface area contributed by atoms with E-state index in [2.05, 4.69) is 475 Å². The van der Waals surface area contributed by atoms with E-state index in [1.54, 1.807) is 0 Å². The Bertz CT molecular complexity index is 6330. The maximum absolute atomic E-state index is 4.14. The molecular weight excluding hydrogens is 1420 g/mol. The van der Waals surface area contributed by atoms with Gasteiger partial charge in [0.1, 0.15) is 0 Å². The van der Waals surface area contributed by atoms with Gasteiger partial charge in [0.2, 0.25) is 0 Å². The summed E-state index contributed by atoms with van der Waals surface area (Å²) in [5.41, 5.74) is 34.9. The predicted octanol–water partition coefficient (Wildman–Crippen LogP) is 33.4. The van der Waals surface area contributed by atoms with Crippen molar-refractivity contribution >= 4 is 78.0 Å². The second-order valence-corrected chi connectivity index (χ2v) is 30.1. The van der Waals surface area contributed by atoms with Crippen LogP contribution in [-0.4, -0.2) is 0 Å². The monoisotopic (exact) mass is 1520 g/mol. The molecule has 3 aliphatic carbocycles. The summed E-state index contributed by atoms with van der Waals surface area (Å²) >= 11 is 0. The Hall–Kier alpha value is -14.2. The molecule has 0 unspecified atom stereocenters. The van der Waals surface area contributed by atoms with Gasteiger partial charge in [0, 0.05) is 34.1 Å². The molecule has 0 spiro atoms. The van der Waals surface area contributed by atoms with E-state index in [0.29, 0.717) is 0 Å². The second kappa shape index (κ2) is 37.4. The molecule has 0 heterocycles. The Kier molecular flexibility index (Phi) is 24.6. The molecule has 572 valence electrons. The normalized spacial score (nSPS) is 13.8. The van der Waals surface area contributed by atoms with Crippen molar-refractivity contribution in [2.45, 2.75) is 66.2 Å². The van der Waals surface area contributed by atoms with Crippen LogP contribution < -0.4 is 9.80 Å². The second-order valence-electron chi connectivity index (χ2n) is 30.1. The van der Waals surface area contributed by atoms with Gasteiger partial charge in [-0.05, 0) is 289 Å². The Labute approximate surface area is 698 Å². The summed E-state index contributed by atoms with van der Waals surface area (Å²) in [7, 11) is 0. The van der Waals surface area contributed by atoms with Crippen molar-refractivity contribution < 1.29 is 0 Å². The Morgan fingerprint density at radius 2 is 0.746 bits per heavy atom. The molecule has 17 rings (SSSR count). The molecule has 0 aliphatic heterocycles. The van der Waals surface area contributed by atoms with E-state index in [1.807, 2.05) is 6.08 Å². The molecule has 0 bridgehead atoms. The number of nitrogens with zero attached hydrogens (tertiary/aromatic N) is 2. The molecule has 0 aromatic heterocycles. The molecule has 0 amide bonds. The van der Waals surface area contributed by atoms with Crippen molar-refractivity contribution in [1.82, 2.24) is 0 Å². The average Bonchev–Trinajstić information content (AvgIpc) is 0.765. The first-order valence-electron chi connectivity index (χ1n) is 41.6. The van der Waals surface area contributed by atoms with Crippen molar-refractivity contribution in [1.29, 1.82) is 0 Å². The lowest BCUT2D eigenvalue weighted by Gasteiger charge is -2.28. The Morgan fingerprint density at radius 3 is 1.27 bits per heavy atom. The lowest BCUT2D eigenvalue weighted by molar-refractivity contribution is 0.905. The van der Waals surface area contributed by atoms with Crippen LogP contribution in [0, 0.1) is 0 Å². The van der Waals surface area contributed by atoms with Crippen LogP contribution in [-0.2, 0) is 0 Å². The van der Waals surface area contributed by atoms with Crippen LogP contribution in [0.2, 0.25) is 0 Å². The van der Waals surface area contributed by atoms with E-state index < -0.39 is 0 Å². The third-order valence-corrected chi connectivity index (χ3v) is 22.8. The van der Waals surface area contributed by atoms with Gasteiger partial charge in [0.25, 0.3) is 0 Å². The summed E-state index contributed by atoms with van der Waals surface area (Å²) < 4.78 is 0. The van der Waals surface area contributed by atoms with Crippen molar-refractivity contribution in [2.75, 3.05) is 9.80 Å². The molecular formula is C116H98N2. The van der Waals surface area contributed by atoms with Gasteiger partial charge in [-0.2, -0.15) is 0 Å². The largest absolute Gasteiger partial charge is 0.310 e. The number of benzene rings is 14. The number of allylic oxidation sites excluding steroid dienone is 25. The minimum Gasteiger partial charge on any atom is -0.310 e. The summed E-state index contributed by atoms with van der Waals surface area (Å²) in [6, 6.07) is 120. The third kappa shape index (κ3) is 17.6. The van der Waals surface area contributed by atoms with Crippen molar-refractivity contribution in [3.63, 3.8) is 0 Å². The molecule has 0 saturated heterocycles. The fourth-order valence-corrected chi connectivity index (χ4v) is 16.8. The zero-order valence-corrected chi connectivity index (χ0v) is 67.9. The van der Waals surface area contributed by atoms with E-state index in [-0.39, 0.29) is 0 Å². The molecule has 0 radical (unpaired) electrons. The van der Waals surface area contributed by atoms with E-state index in [0.717, 1.165) is 83.8 Å². The highest BCUT2D eigenvalue weighted by atomic mass is 15.1. The number of anilines is 6. The molecule has 0 fully saturated rings. The highest BCUT2D eigenvalue weighted by molar-refractivity contribution is 6.00. The molecule has 118 heavy (non-hydrogen) atoms. The lowest BCUT2D eigenvalue weighted by atomic mass is 9.84. The highest BCUT2D eigenvalue weighted by Crippen LogP contribution is 2.47. The lowest BCUT2D eigenvalue weighted by Crippen LogP contribution is -2.11. The first-order chi connectivity index (χ1) is 58.3. The molecule has 0 saturated carbocycles. The van der Waals surface area contributed by atoms with Gasteiger partial charge in [-0.3, -0.25) is 0 Å². The van der Waals surface area contributed by atoms with Gasteiger partial charge in [-0.1, -0.05) is 371 Å². The van der Waals surface area contributed by atoms with E-state index >= 15 is 0 Å².